The molecule has 1 saturated heterocycles. The van der Waals surface area contributed by atoms with Gasteiger partial charge in [-0.2, -0.15) is 18.4 Å². The average Bonchev–Trinajstić information content (AvgIpc) is 2.64. The molecule has 21 heavy (non-hydrogen) atoms. The van der Waals surface area contributed by atoms with E-state index in [1.165, 1.54) is 0 Å². The van der Waals surface area contributed by atoms with Gasteiger partial charge in [-0.25, -0.2) is 4.98 Å². The zero-order valence-corrected chi connectivity index (χ0v) is 11.2. The Hall–Kier alpha value is -1.97. The van der Waals surface area contributed by atoms with E-state index in [0.29, 0.717) is 19.0 Å². The number of nitrogens with zero attached hydrogens (tertiary/aromatic N) is 3. The molecule has 112 valence electrons. The molecular formula is C14H14F3N3O. The minimum atomic E-state index is -4.44. The smallest absolute Gasteiger partial charge is 0.418 e. The van der Waals surface area contributed by atoms with Crippen LogP contribution >= 0.6 is 0 Å². The normalized spacial score (nSPS) is 25.1. The molecule has 2 aliphatic rings. The summed E-state index contributed by atoms with van der Waals surface area (Å²) in [5.41, 5.74) is -0.812. The highest BCUT2D eigenvalue weighted by molar-refractivity contribution is 5.55. The number of rotatable bonds is 0. The highest BCUT2D eigenvalue weighted by Crippen LogP contribution is 2.39. The molecule has 0 spiro atoms. The van der Waals surface area contributed by atoms with Crippen LogP contribution in [0.25, 0.3) is 0 Å². The molecule has 2 atom stereocenters. The summed E-state index contributed by atoms with van der Waals surface area (Å²) in [4.78, 5) is 5.90. The molecular weight excluding hydrogens is 283 g/mol. The number of alkyl halides is 3. The molecule has 1 aromatic heterocycles. The van der Waals surface area contributed by atoms with Crippen LogP contribution in [0.5, 0.6) is 5.75 Å². The molecule has 2 aliphatic heterocycles. The van der Waals surface area contributed by atoms with Crippen LogP contribution in [0, 0.1) is 17.2 Å². The number of fused-ring (bicyclic) bond motifs is 3. The standard InChI is InChI=1S/C14H14F3N3O/c15-14(16,17)10-5-12-13(19-7-10)20-8-9(6-18)1-2-11(20)3-4-21-12/h5,7,9,11H,1-4,8H2. The Kier molecular flexibility index (Phi) is 3.40. The third-order valence-corrected chi connectivity index (χ3v) is 4.03. The summed E-state index contributed by atoms with van der Waals surface area (Å²) in [6.07, 6.45) is -1.22. The summed E-state index contributed by atoms with van der Waals surface area (Å²) in [7, 11) is 0. The first-order valence-corrected chi connectivity index (χ1v) is 6.85. The zero-order chi connectivity index (χ0) is 15.0. The van der Waals surface area contributed by atoms with Crippen LogP contribution in [0.4, 0.5) is 19.0 Å². The van der Waals surface area contributed by atoms with Crippen molar-refractivity contribution in [3.8, 4) is 11.8 Å². The van der Waals surface area contributed by atoms with Gasteiger partial charge in [-0.15, -0.1) is 0 Å². The molecule has 7 heteroatoms. The second-order valence-electron chi connectivity index (χ2n) is 5.39. The topological polar surface area (TPSA) is 49.1 Å². The van der Waals surface area contributed by atoms with E-state index in [1.807, 2.05) is 4.90 Å². The van der Waals surface area contributed by atoms with Crippen LogP contribution < -0.4 is 9.64 Å². The summed E-state index contributed by atoms with van der Waals surface area (Å²) in [5, 5.41) is 9.07. The Balaban J connectivity index is 1.97. The Morgan fingerprint density at radius 3 is 2.86 bits per heavy atom. The van der Waals surface area contributed by atoms with E-state index in [9.17, 15) is 13.2 Å². The van der Waals surface area contributed by atoms with Crippen molar-refractivity contribution >= 4 is 5.82 Å². The number of anilines is 1. The average molecular weight is 297 g/mol. The quantitative estimate of drug-likeness (QED) is 0.738. The first kappa shape index (κ1) is 14.0. The Morgan fingerprint density at radius 2 is 2.14 bits per heavy atom. The SMILES string of the molecule is N#CC1CCC2CCOc3cc(C(F)(F)F)cnc3N2C1. The van der Waals surface area contributed by atoms with E-state index in [2.05, 4.69) is 11.1 Å². The van der Waals surface area contributed by atoms with Gasteiger partial charge in [-0.1, -0.05) is 0 Å². The molecule has 0 saturated carbocycles. The first-order valence-electron chi connectivity index (χ1n) is 6.85. The largest absolute Gasteiger partial charge is 0.490 e. The van der Waals surface area contributed by atoms with E-state index < -0.39 is 11.7 Å². The third-order valence-electron chi connectivity index (χ3n) is 4.03. The van der Waals surface area contributed by atoms with Gasteiger partial charge in [-0.05, 0) is 18.9 Å². The number of halogens is 3. The van der Waals surface area contributed by atoms with E-state index in [0.717, 1.165) is 31.5 Å². The summed E-state index contributed by atoms with van der Waals surface area (Å²) >= 11 is 0. The van der Waals surface area contributed by atoms with Crippen molar-refractivity contribution in [2.75, 3.05) is 18.1 Å². The fraction of sp³-hybridized carbons (Fsp3) is 0.571. The Morgan fingerprint density at radius 1 is 1.33 bits per heavy atom. The van der Waals surface area contributed by atoms with Crippen molar-refractivity contribution in [1.29, 1.82) is 5.26 Å². The van der Waals surface area contributed by atoms with Crippen LogP contribution in [0.15, 0.2) is 12.3 Å². The van der Waals surface area contributed by atoms with Crippen LogP contribution in [-0.2, 0) is 6.18 Å². The van der Waals surface area contributed by atoms with Gasteiger partial charge in [0.15, 0.2) is 11.6 Å². The summed E-state index contributed by atoms with van der Waals surface area (Å²) in [6, 6.07) is 3.41. The summed E-state index contributed by atoms with van der Waals surface area (Å²) in [6.45, 7) is 0.865. The number of nitriles is 1. The molecule has 0 N–H and O–H groups in total. The number of ether oxygens (including phenoxy) is 1. The van der Waals surface area contributed by atoms with Crippen molar-refractivity contribution in [2.24, 2.45) is 5.92 Å². The van der Waals surface area contributed by atoms with Crippen LogP contribution in [-0.4, -0.2) is 24.2 Å². The molecule has 0 amide bonds. The molecule has 0 aliphatic carbocycles. The van der Waals surface area contributed by atoms with Gasteiger partial charge in [0, 0.05) is 25.2 Å². The van der Waals surface area contributed by atoms with Gasteiger partial charge < -0.3 is 9.64 Å². The van der Waals surface area contributed by atoms with Crippen molar-refractivity contribution in [1.82, 2.24) is 4.98 Å². The van der Waals surface area contributed by atoms with Crippen molar-refractivity contribution in [3.63, 3.8) is 0 Å². The Labute approximate surface area is 120 Å². The summed E-state index contributed by atoms with van der Waals surface area (Å²) in [5.74, 6) is 0.465. The number of hydrogen-bond acceptors (Lipinski definition) is 4. The lowest BCUT2D eigenvalue weighted by Crippen LogP contribution is -2.43. The lowest BCUT2D eigenvalue weighted by Gasteiger charge is -2.37. The predicted octanol–water partition coefficient (Wildman–Crippen LogP) is 2.99. The fourth-order valence-electron chi connectivity index (χ4n) is 2.91. The van der Waals surface area contributed by atoms with Gasteiger partial charge in [-0.3, -0.25) is 0 Å². The molecule has 0 aromatic carbocycles. The number of hydrogen-bond donors (Lipinski definition) is 0. The number of piperidine rings is 1. The van der Waals surface area contributed by atoms with Crippen LogP contribution in [0.1, 0.15) is 24.8 Å². The van der Waals surface area contributed by atoms with E-state index in [-0.39, 0.29) is 17.7 Å². The Bertz CT molecular complexity index is 582. The summed E-state index contributed by atoms with van der Waals surface area (Å²) < 4.78 is 43.7. The number of aromatic nitrogens is 1. The first-order chi connectivity index (χ1) is 9.99. The highest BCUT2D eigenvalue weighted by Gasteiger charge is 2.36. The molecule has 3 heterocycles. The second kappa shape index (κ2) is 5.10. The predicted molar refractivity (Wildman–Crippen MR) is 68.8 cm³/mol. The highest BCUT2D eigenvalue weighted by atomic mass is 19.4. The molecule has 0 radical (unpaired) electrons. The molecule has 3 rings (SSSR count). The second-order valence-corrected chi connectivity index (χ2v) is 5.39. The van der Waals surface area contributed by atoms with Gasteiger partial charge in [0.25, 0.3) is 0 Å². The maximum atomic E-state index is 12.8. The molecule has 4 nitrogen and oxygen atoms in total. The monoisotopic (exact) mass is 297 g/mol. The molecule has 2 unspecified atom stereocenters. The molecule has 0 bridgehead atoms. The third kappa shape index (κ3) is 2.62. The lowest BCUT2D eigenvalue weighted by molar-refractivity contribution is -0.137. The van der Waals surface area contributed by atoms with Crippen molar-refractivity contribution < 1.29 is 17.9 Å². The van der Waals surface area contributed by atoms with Gasteiger partial charge in [0.1, 0.15) is 0 Å². The maximum Gasteiger partial charge on any atom is 0.418 e. The molecule has 1 aromatic rings. The maximum absolute atomic E-state index is 12.8. The minimum Gasteiger partial charge on any atom is -0.490 e. The number of pyridine rings is 1. The zero-order valence-electron chi connectivity index (χ0n) is 11.2. The van der Waals surface area contributed by atoms with Gasteiger partial charge >= 0.3 is 6.18 Å². The van der Waals surface area contributed by atoms with Crippen LogP contribution in [0.3, 0.4) is 0 Å². The van der Waals surface area contributed by atoms with E-state index >= 15 is 0 Å². The molecule has 1 fully saturated rings. The van der Waals surface area contributed by atoms with Crippen molar-refractivity contribution in [2.45, 2.75) is 31.5 Å². The van der Waals surface area contributed by atoms with Crippen molar-refractivity contribution in [3.05, 3.63) is 17.8 Å². The van der Waals surface area contributed by atoms with E-state index in [1.54, 1.807) is 0 Å². The minimum absolute atomic E-state index is 0.115. The lowest BCUT2D eigenvalue weighted by atomic mass is 9.92. The fourth-order valence-corrected chi connectivity index (χ4v) is 2.91. The van der Waals surface area contributed by atoms with Crippen LogP contribution in [0.2, 0.25) is 0 Å². The van der Waals surface area contributed by atoms with E-state index in [4.69, 9.17) is 10.00 Å². The van der Waals surface area contributed by atoms with Gasteiger partial charge in [0.2, 0.25) is 0 Å². The van der Waals surface area contributed by atoms with Gasteiger partial charge in [0.05, 0.1) is 24.2 Å².